The summed E-state index contributed by atoms with van der Waals surface area (Å²) < 4.78 is 233. The molecule has 18 heteroatoms. The molecule has 0 radical (unpaired) electrons. The van der Waals surface area contributed by atoms with Crippen LogP contribution < -0.4 is 0 Å². The van der Waals surface area contributed by atoms with E-state index in [1.165, 1.54) is 0 Å². The molecule has 0 atom stereocenters. The van der Waals surface area contributed by atoms with Crippen LogP contribution in [0, 0.1) is 0 Å². The van der Waals surface area contributed by atoms with Gasteiger partial charge in [-0.3, -0.25) is 0 Å². The number of hydrogen-bond donors (Lipinski definition) is 0. The third kappa shape index (κ3) is 4.35. The van der Waals surface area contributed by atoms with Gasteiger partial charge in [-0.2, -0.15) is 65.9 Å². The lowest BCUT2D eigenvalue weighted by Gasteiger charge is -2.42. The van der Waals surface area contributed by atoms with Crippen molar-refractivity contribution in [1.82, 2.24) is 0 Å². The number of alkyl halides is 17. The normalized spacial score (nSPS) is 15.2. The first kappa shape index (κ1) is 31.8. The summed E-state index contributed by atoms with van der Waals surface area (Å²) in [5.74, 6) is -50.1. The summed E-state index contributed by atoms with van der Waals surface area (Å²) in [5, 5.41) is -6.56. The van der Waals surface area contributed by atoms with Crippen molar-refractivity contribution in [2.24, 2.45) is 0 Å². The van der Waals surface area contributed by atoms with Crippen LogP contribution in [0.4, 0.5) is 74.6 Å². The monoisotopic (exact) mass is 605 g/mol. The molecule has 2 aromatic rings. The van der Waals surface area contributed by atoms with Crippen LogP contribution in [0.2, 0.25) is 0 Å². The van der Waals surface area contributed by atoms with Crippen molar-refractivity contribution in [2.75, 3.05) is 0 Å². The smallest absolute Gasteiger partial charge is 0.192 e. The molecule has 0 N–H and O–H groups in total. The maximum Gasteiger partial charge on any atom is 0.490 e. The van der Waals surface area contributed by atoms with Gasteiger partial charge in [0.1, 0.15) is 10.9 Å². The average Bonchev–Trinajstić information content (AvgIpc) is 2.79. The van der Waals surface area contributed by atoms with Gasteiger partial charge < -0.3 is 0 Å². The largest absolute Gasteiger partial charge is 0.490 e. The first-order valence-electron chi connectivity index (χ1n) is 9.40. The van der Waals surface area contributed by atoms with Crippen molar-refractivity contribution in [3.8, 4) is 0 Å². The summed E-state index contributed by atoms with van der Waals surface area (Å²) in [6, 6.07) is 8.12. The van der Waals surface area contributed by atoms with E-state index in [0.29, 0.717) is 24.3 Å². The highest BCUT2D eigenvalue weighted by Gasteiger charge is 2.97. The molecular weight excluding hydrogens is 595 g/mol. The number of rotatable bonds is 9. The molecule has 2 aromatic carbocycles. The molecule has 0 spiro atoms. The van der Waals surface area contributed by atoms with Crippen LogP contribution >= 0.6 is 0 Å². The SMILES string of the molecule is FC(F)(F)C(F)(F)C(F)(F)C(F)(F)C(F)(F)C(F)(F)C(F)(F)C(F)(F)[S+](c1ccccc1)c1ccccc1. The number of hydrogen-bond acceptors (Lipinski definition) is 0. The summed E-state index contributed by atoms with van der Waals surface area (Å²) in [5.41, 5.74) is 0. The van der Waals surface area contributed by atoms with E-state index in [9.17, 15) is 65.9 Å². The van der Waals surface area contributed by atoms with Gasteiger partial charge in [-0.15, -0.1) is 8.78 Å². The number of halogens is 17. The molecule has 0 aromatic heterocycles. The Hall–Kier alpha value is -2.40. The fourth-order valence-corrected chi connectivity index (χ4v) is 4.93. The summed E-state index contributed by atoms with van der Waals surface area (Å²) in [7, 11) is -3.75. The van der Waals surface area contributed by atoms with E-state index in [2.05, 4.69) is 0 Å². The molecule has 0 bridgehead atoms. The average molecular weight is 605 g/mol. The minimum absolute atomic E-state index is 0.600. The van der Waals surface area contributed by atoms with Crippen molar-refractivity contribution in [2.45, 2.75) is 56.8 Å². The Morgan fingerprint density at radius 2 is 0.605 bits per heavy atom. The Bertz CT molecular complexity index is 1050. The summed E-state index contributed by atoms with van der Waals surface area (Å²) in [4.78, 5) is -1.97. The fourth-order valence-electron chi connectivity index (χ4n) is 2.82. The van der Waals surface area contributed by atoms with Gasteiger partial charge in [-0.1, -0.05) is 36.4 Å². The topological polar surface area (TPSA) is 0 Å². The van der Waals surface area contributed by atoms with Crippen molar-refractivity contribution >= 4 is 10.9 Å². The third-order valence-corrected chi connectivity index (χ3v) is 7.16. The van der Waals surface area contributed by atoms with Gasteiger partial charge >= 0.3 is 47.0 Å². The van der Waals surface area contributed by atoms with Crippen LogP contribution in [0.1, 0.15) is 0 Å². The lowest BCUT2D eigenvalue weighted by atomic mass is 9.91. The van der Waals surface area contributed by atoms with E-state index in [1.807, 2.05) is 0 Å². The predicted molar refractivity (Wildman–Crippen MR) is 97.5 cm³/mol. The van der Waals surface area contributed by atoms with Gasteiger partial charge in [0.25, 0.3) is 0 Å². The Labute approximate surface area is 203 Å². The summed E-state index contributed by atoms with van der Waals surface area (Å²) in [6.45, 7) is 0. The zero-order chi connectivity index (χ0) is 29.8. The maximum atomic E-state index is 15.1. The van der Waals surface area contributed by atoms with Crippen molar-refractivity contribution in [3.63, 3.8) is 0 Å². The minimum atomic E-state index is -8.65. The van der Waals surface area contributed by atoms with Gasteiger partial charge in [-0.05, 0) is 24.3 Å². The number of benzene rings is 2. The first-order chi connectivity index (χ1) is 16.8. The summed E-state index contributed by atoms with van der Waals surface area (Å²) in [6.07, 6.45) is -7.79. The van der Waals surface area contributed by atoms with Crippen molar-refractivity contribution in [1.29, 1.82) is 0 Å². The molecule has 0 saturated heterocycles. The first-order valence-corrected chi connectivity index (χ1v) is 10.6. The molecular formula is C20H10F17S+. The zero-order valence-corrected chi connectivity index (χ0v) is 18.4. The molecule has 0 unspecified atom stereocenters. The van der Waals surface area contributed by atoms with Gasteiger partial charge in [0.15, 0.2) is 9.79 Å². The second-order valence-electron chi connectivity index (χ2n) is 7.39. The van der Waals surface area contributed by atoms with Crippen LogP contribution in [0.5, 0.6) is 0 Å². The fraction of sp³-hybridized carbons (Fsp3) is 0.400. The van der Waals surface area contributed by atoms with E-state index in [4.69, 9.17) is 0 Å². The molecule has 0 nitrogen and oxygen atoms in total. The van der Waals surface area contributed by atoms with Crippen LogP contribution in [-0.2, 0) is 10.9 Å². The third-order valence-electron chi connectivity index (χ3n) is 4.91. The van der Waals surface area contributed by atoms with E-state index >= 15 is 8.78 Å². The minimum Gasteiger partial charge on any atom is -0.192 e. The highest BCUT2D eigenvalue weighted by atomic mass is 32.2. The van der Waals surface area contributed by atoms with Gasteiger partial charge in [0.2, 0.25) is 0 Å². The van der Waals surface area contributed by atoms with Crippen molar-refractivity contribution in [3.05, 3.63) is 60.7 Å². The molecule has 0 fully saturated rings. The molecule has 0 heterocycles. The zero-order valence-electron chi connectivity index (χ0n) is 17.6. The molecule has 2 rings (SSSR count). The van der Waals surface area contributed by atoms with Crippen molar-refractivity contribution < 1.29 is 74.6 Å². The van der Waals surface area contributed by atoms with Gasteiger partial charge in [0.05, 0.1) is 0 Å². The lowest BCUT2D eigenvalue weighted by molar-refractivity contribution is -0.458. The summed E-state index contributed by atoms with van der Waals surface area (Å²) >= 11 is 0. The lowest BCUT2D eigenvalue weighted by Crippen LogP contribution is -2.74. The Balaban J connectivity index is 2.76. The second kappa shape index (κ2) is 9.36. The van der Waals surface area contributed by atoms with E-state index < -0.39 is 67.7 Å². The maximum absolute atomic E-state index is 15.1. The Kier molecular flexibility index (Phi) is 7.84. The van der Waals surface area contributed by atoms with E-state index in [0.717, 1.165) is 36.4 Å². The highest BCUT2D eigenvalue weighted by molar-refractivity contribution is 7.98. The van der Waals surface area contributed by atoms with Crippen LogP contribution in [0.3, 0.4) is 0 Å². The predicted octanol–water partition coefficient (Wildman–Crippen LogP) is 8.69. The standard InChI is InChI=1S/C20H10F17S/c21-13(22,15(25,26)17(29,30)19(33,34)35)14(23,24)16(27,28)18(31,32)20(36,37)38(11-7-3-1-4-8-11)12-9-5-2-6-10-12/h1-10H/q+1. The van der Waals surface area contributed by atoms with Gasteiger partial charge in [0, 0.05) is 0 Å². The molecule has 0 amide bonds. The van der Waals surface area contributed by atoms with Crippen LogP contribution in [-0.4, -0.2) is 47.0 Å². The molecule has 38 heavy (non-hydrogen) atoms. The molecule has 214 valence electrons. The molecule has 0 saturated carbocycles. The van der Waals surface area contributed by atoms with Crippen LogP contribution in [0.25, 0.3) is 0 Å². The molecule has 0 aliphatic heterocycles. The highest BCUT2D eigenvalue weighted by Crippen LogP contribution is 2.65. The molecule has 0 aliphatic rings. The van der Waals surface area contributed by atoms with E-state index in [-0.39, 0.29) is 0 Å². The van der Waals surface area contributed by atoms with E-state index in [1.54, 1.807) is 0 Å². The Morgan fingerprint density at radius 1 is 0.342 bits per heavy atom. The quantitative estimate of drug-likeness (QED) is 0.198. The second-order valence-corrected chi connectivity index (χ2v) is 9.46. The Morgan fingerprint density at radius 3 is 0.895 bits per heavy atom. The molecule has 0 aliphatic carbocycles. The van der Waals surface area contributed by atoms with Gasteiger partial charge in [-0.25, -0.2) is 0 Å². The van der Waals surface area contributed by atoms with Crippen LogP contribution in [0.15, 0.2) is 70.5 Å².